The molecule has 0 spiro atoms. The van der Waals surface area contributed by atoms with E-state index in [1.807, 2.05) is 81.4 Å². The number of benzene rings is 2. The van der Waals surface area contributed by atoms with E-state index in [2.05, 4.69) is 16.0 Å². The number of piperidine rings is 2. The first-order valence-corrected chi connectivity index (χ1v) is 15.6. The second kappa shape index (κ2) is 15.6. The summed E-state index contributed by atoms with van der Waals surface area (Å²) in [7, 11) is 0. The Kier molecular flexibility index (Phi) is 11.8. The Labute approximate surface area is 276 Å². The Bertz CT molecular complexity index is 1390. The van der Waals surface area contributed by atoms with Crippen molar-refractivity contribution in [2.75, 3.05) is 26.2 Å². The van der Waals surface area contributed by atoms with Gasteiger partial charge in [0.15, 0.2) is 0 Å². The van der Waals surface area contributed by atoms with Crippen molar-refractivity contribution in [2.45, 2.75) is 57.8 Å². The van der Waals surface area contributed by atoms with Gasteiger partial charge in [0, 0.05) is 50.1 Å². The Hall–Kier alpha value is -4.53. The average Bonchev–Trinajstić information content (AvgIpc) is 3.63. The molecule has 6 atom stereocenters. The van der Waals surface area contributed by atoms with E-state index in [1.54, 1.807) is 4.90 Å². The molecule has 0 radical (unpaired) electrons. The van der Waals surface area contributed by atoms with Crippen LogP contribution in [0, 0.1) is 23.7 Å². The molecule has 0 bridgehead atoms. The van der Waals surface area contributed by atoms with Gasteiger partial charge in [-0.2, -0.15) is 13.2 Å². The summed E-state index contributed by atoms with van der Waals surface area (Å²) in [6.45, 7) is 9.47. The number of likely N-dealkylation sites (tertiary alicyclic amines) is 1. The van der Waals surface area contributed by atoms with Gasteiger partial charge < -0.3 is 40.2 Å². The molecule has 48 heavy (non-hydrogen) atoms. The number of alkyl carbamates (subject to hydrolysis) is 2. The number of fused-ring (bicyclic) bond motifs is 2. The minimum absolute atomic E-state index is 0.104. The van der Waals surface area contributed by atoms with Gasteiger partial charge in [-0.15, -0.1) is 0 Å². The topological polar surface area (TPSA) is 156 Å². The number of hydrogen-bond donors (Lipinski definition) is 4. The predicted octanol–water partition coefficient (Wildman–Crippen LogP) is 4.54. The zero-order valence-electron chi connectivity index (χ0n) is 26.9. The second-order valence-corrected chi connectivity index (χ2v) is 13.0. The van der Waals surface area contributed by atoms with Crippen LogP contribution in [-0.2, 0) is 32.2 Å². The third-order valence-electron chi connectivity index (χ3n) is 8.17. The molecule has 0 aromatic heterocycles. The van der Waals surface area contributed by atoms with Crippen molar-refractivity contribution in [3.8, 4) is 0 Å². The molecular formula is C33H41F3N4O8. The van der Waals surface area contributed by atoms with E-state index in [0.29, 0.717) is 49.4 Å². The number of halogens is 3. The van der Waals surface area contributed by atoms with Crippen molar-refractivity contribution in [2.24, 2.45) is 23.7 Å². The minimum Gasteiger partial charge on any atom is -0.475 e. The molecule has 2 aromatic rings. The van der Waals surface area contributed by atoms with Gasteiger partial charge in [-0.1, -0.05) is 60.7 Å². The molecule has 4 fully saturated rings. The normalized spacial score (nSPS) is 24.6. The SMILES string of the molecule is CC(C)(C)OC(=O)N1C[C@@H]2C(NC(=O)OCc3ccccc3)[C@@H]2C1.O=C(NC1[C@H]2CNC[C@@H]12)OCc1ccccc1.O=C(O)C(F)(F)F. The molecule has 2 saturated carbocycles. The smallest absolute Gasteiger partial charge is 0.475 e. The number of carbonyl (C=O) groups excluding carboxylic acids is 3. The lowest BCUT2D eigenvalue weighted by atomic mass is 10.2. The van der Waals surface area contributed by atoms with Crippen LogP contribution in [0.2, 0.25) is 0 Å². The van der Waals surface area contributed by atoms with E-state index < -0.39 is 23.8 Å². The highest BCUT2D eigenvalue weighted by molar-refractivity contribution is 5.73. The fourth-order valence-corrected chi connectivity index (χ4v) is 5.65. The largest absolute Gasteiger partial charge is 0.490 e. The molecular weight excluding hydrogens is 637 g/mol. The number of carboxylic acids is 1. The summed E-state index contributed by atoms with van der Waals surface area (Å²) in [5.41, 5.74) is 1.49. The molecule has 2 saturated heterocycles. The molecule has 3 amide bonds. The van der Waals surface area contributed by atoms with Crippen molar-refractivity contribution in [3.05, 3.63) is 71.8 Å². The van der Waals surface area contributed by atoms with Gasteiger partial charge in [0.1, 0.15) is 18.8 Å². The van der Waals surface area contributed by atoms with Gasteiger partial charge in [-0.3, -0.25) is 0 Å². The fourth-order valence-electron chi connectivity index (χ4n) is 5.65. The lowest BCUT2D eigenvalue weighted by Crippen LogP contribution is -2.40. The van der Waals surface area contributed by atoms with Crippen LogP contribution in [0.5, 0.6) is 0 Å². The summed E-state index contributed by atoms with van der Waals surface area (Å²) in [4.78, 5) is 46.0. The van der Waals surface area contributed by atoms with E-state index in [1.165, 1.54) is 0 Å². The minimum atomic E-state index is -5.08. The summed E-state index contributed by atoms with van der Waals surface area (Å²) in [5.74, 6) is -0.894. The van der Waals surface area contributed by atoms with E-state index in [9.17, 15) is 27.6 Å². The van der Waals surface area contributed by atoms with Crippen molar-refractivity contribution in [1.82, 2.24) is 20.9 Å². The zero-order valence-corrected chi connectivity index (χ0v) is 26.9. The summed E-state index contributed by atoms with van der Waals surface area (Å²) in [5, 5.41) is 16.2. The Morgan fingerprint density at radius 2 is 1.17 bits per heavy atom. The molecule has 2 heterocycles. The zero-order chi connectivity index (χ0) is 35.1. The Balaban J connectivity index is 0.000000188. The first-order chi connectivity index (χ1) is 22.6. The van der Waals surface area contributed by atoms with Crippen LogP contribution < -0.4 is 16.0 Å². The molecule has 4 aliphatic rings. The molecule has 4 N–H and O–H groups in total. The Morgan fingerprint density at radius 1 is 0.771 bits per heavy atom. The summed E-state index contributed by atoms with van der Waals surface area (Å²) in [6.07, 6.45) is -6.06. The van der Waals surface area contributed by atoms with Crippen molar-refractivity contribution in [3.63, 3.8) is 0 Å². The van der Waals surface area contributed by atoms with Crippen LogP contribution in [0.3, 0.4) is 0 Å². The molecule has 262 valence electrons. The van der Waals surface area contributed by atoms with Gasteiger partial charge in [-0.25, -0.2) is 19.2 Å². The van der Waals surface area contributed by atoms with E-state index in [-0.39, 0.29) is 24.8 Å². The van der Waals surface area contributed by atoms with Crippen LogP contribution in [0.4, 0.5) is 27.6 Å². The van der Waals surface area contributed by atoms with E-state index in [4.69, 9.17) is 24.1 Å². The number of nitrogens with one attached hydrogen (secondary N) is 3. The van der Waals surface area contributed by atoms with Gasteiger partial charge in [-0.05, 0) is 43.7 Å². The van der Waals surface area contributed by atoms with Crippen LogP contribution >= 0.6 is 0 Å². The molecule has 2 aromatic carbocycles. The number of rotatable bonds is 6. The molecule has 12 nitrogen and oxygen atoms in total. The molecule has 6 rings (SSSR count). The summed E-state index contributed by atoms with van der Waals surface area (Å²) in [6, 6.07) is 19.7. The maximum Gasteiger partial charge on any atom is 0.490 e. The predicted molar refractivity (Wildman–Crippen MR) is 165 cm³/mol. The lowest BCUT2D eigenvalue weighted by Gasteiger charge is -2.26. The second-order valence-electron chi connectivity index (χ2n) is 13.0. The number of hydrogen-bond acceptors (Lipinski definition) is 8. The molecule has 2 aliphatic heterocycles. The van der Waals surface area contributed by atoms with Gasteiger partial charge in [0.2, 0.25) is 0 Å². The fraction of sp³-hybridized carbons (Fsp3) is 0.515. The van der Waals surface area contributed by atoms with Crippen LogP contribution in [0.25, 0.3) is 0 Å². The highest BCUT2D eigenvalue weighted by Gasteiger charge is 2.58. The molecule has 2 aliphatic carbocycles. The van der Waals surface area contributed by atoms with Crippen molar-refractivity contribution >= 4 is 24.2 Å². The van der Waals surface area contributed by atoms with E-state index >= 15 is 0 Å². The average molecular weight is 679 g/mol. The van der Waals surface area contributed by atoms with Crippen LogP contribution in [0.15, 0.2) is 60.7 Å². The number of carbonyl (C=O) groups is 4. The van der Waals surface area contributed by atoms with E-state index in [0.717, 1.165) is 24.2 Å². The maximum absolute atomic E-state index is 12.0. The third-order valence-corrected chi connectivity index (χ3v) is 8.17. The maximum atomic E-state index is 12.0. The van der Waals surface area contributed by atoms with Gasteiger partial charge in [0.25, 0.3) is 0 Å². The monoisotopic (exact) mass is 678 g/mol. The quantitative estimate of drug-likeness (QED) is 0.322. The number of alkyl halides is 3. The number of carboxylic acid groups (broad SMARTS) is 1. The number of amides is 3. The number of ether oxygens (including phenoxy) is 3. The van der Waals surface area contributed by atoms with Crippen LogP contribution in [-0.4, -0.2) is 84.3 Å². The van der Waals surface area contributed by atoms with Crippen LogP contribution in [0.1, 0.15) is 31.9 Å². The standard InChI is InChI=1S/C18H24N2O4.C13H16N2O2.C2HF3O2/c1-18(2,3)24-17(22)20-9-13-14(10-20)15(13)19-16(21)23-11-12-7-5-4-6-8-12;16-13(15-12-10-6-14-7-11(10)12)17-8-9-4-2-1-3-5-9;3-2(4,5)1(6)7/h4-8,13-15H,9-11H2,1-3H3,(H,19,21);1-5,10-12,14H,6-8H2,(H,15,16);(H,6,7)/t13-,14+,15?;10-,11+,12?;. The third kappa shape index (κ3) is 11.0. The first kappa shape index (κ1) is 36.3. The van der Waals surface area contributed by atoms with Gasteiger partial charge in [0.05, 0.1) is 0 Å². The van der Waals surface area contributed by atoms with Gasteiger partial charge >= 0.3 is 30.4 Å². The first-order valence-electron chi connectivity index (χ1n) is 15.6. The highest BCUT2D eigenvalue weighted by atomic mass is 19.4. The Morgan fingerprint density at radius 3 is 1.54 bits per heavy atom. The summed E-state index contributed by atoms with van der Waals surface area (Å²) < 4.78 is 47.5. The van der Waals surface area contributed by atoms with Crippen molar-refractivity contribution < 1.29 is 51.7 Å². The molecule has 15 heteroatoms. The van der Waals surface area contributed by atoms with Crippen molar-refractivity contribution in [1.29, 1.82) is 0 Å². The number of nitrogens with zero attached hydrogens (tertiary/aromatic N) is 1. The molecule has 2 unspecified atom stereocenters. The highest BCUT2D eigenvalue weighted by Crippen LogP contribution is 2.46. The number of aliphatic carboxylic acids is 1. The lowest BCUT2D eigenvalue weighted by molar-refractivity contribution is -0.192. The summed E-state index contributed by atoms with van der Waals surface area (Å²) >= 11 is 0.